The van der Waals surface area contributed by atoms with E-state index in [2.05, 4.69) is 4.98 Å². The number of hydrogen-bond acceptors (Lipinski definition) is 2. The molecule has 0 bridgehead atoms. The molecule has 0 amide bonds. The lowest BCUT2D eigenvalue weighted by atomic mass is 10.3. The number of benzene rings is 1. The van der Waals surface area contributed by atoms with Crippen molar-refractivity contribution in [1.29, 1.82) is 0 Å². The Balaban J connectivity index is 2.11. The lowest BCUT2D eigenvalue weighted by Crippen LogP contribution is -1.87. The zero-order chi connectivity index (χ0) is 10.5. The van der Waals surface area contributed by atoms with Gasteiger partial charge in [0.2, 0.25) is 0 Å². The number of ether oxygens (including phenoxy) is 1. The number of hydrogen-bond donors (Lipinski definition) is 0. The molecule has 3 heteroatoms. The summed E-state index contributed by atoms with van der Waals surface area (Å²) >= 11 is 5.64. The molecule has 2 rings (SSSR count). The number of rotatable bonds is 3. The third-order valence-electron chi connectivity index (χ3n) is 1.91. The molecule has 1 aromatic carbocycles. The van der Waals surface area contributed by atoms with Crippen LogP contribution in [0.25, 0.3) is 0 Å². The molecule has 0 radical (unpaired) electrons. The minimum atomic E-state index is 0.422. The normalized spacial score (nSPS) is 9.93. The molecule has 2 aromatic rings. The summed E-state index contributed by atoms with van der Waals surface area (Å²) in [4.78, 5) is 4.14. The van der Waals surface area contributed by atoms with Gasteiger partial charge in [0.25, 0.3) is 0 Å². The molecule has 0 N–H and O–H groups in total. The average Bonchev–Trinajstić information content (AvgIpc) is 2.31. The van der Waals surface area contributed by atoms with Gasteiger partial charge in [0.15, 0.2) is 0 Å². The zero-order valence-corrected chi connectivity index (χ0v) is 8.82. The van der Waals surface area contributed by atoms with Crippen molar-refractivity contribution >= 4 is 11.6 Å². The molecule has 0 aliphatic rings. The smallest absolute Gasteiger partial charge is 0.145 e. The molecule has 0 atom stereocenters. The molecular weight excluding hydrogens is 210 g/mol. The molecule has 1 aromatic heterocycles. The van der Waals surface area contributed by atoms with Gasteiger partial charge in [-0.05, 0) is 24.3 Å². The van der Waals surface area contributed by atoms with Gasteiger partial charge in [0.05, 0.1) is 17.8 Å². The number of para-hydroxylation sites is 1. The molecule has 0 fully saturated rings. The molecule has 0 aliphatic carbocycles. The van der Waals surface area contributed by atoms with E-state index in [9.17, 15) is 0 Å². The monoisotopic (exact) mass is 219 g/mol. The van der Waals surface area contributed by atoms with Crippen LogP contribution in [0.15, 0.2) is 48.7 Å². The highest BCUT2D eigenvalue weighted by atomic mass is 35.5. The molecule has 0 saturated carbocycles. The van der Waals surface area contributed by atoms with Gasteiger partial charge < -0.3 is 4.74 Å². The summed E-state index contributed by atoms with van der Waals surface area (Å²) in [6.07, 6.45) is 1.67. The highest BCUT2D eigenvalue weighted by molar-refractivity contribution is 6.16. The molecule has 1 heterocycles. The SMILES string of the molecule is ClCc1ccc(Oc2ccccc2)cn1. The van der Waals surface area contributed by atoms with Crippen LogP contribution in [0.3, 0.4) is 0 Å². The minimum absolute atomic E-state index is 0.422. The minimum Gasteiger partial charge on any atom is -0.456 e. The van der Waals surface area contributed by atoms with Gasteiger partial charge in [-0.2, -0.15) is 0 Å². The Morgan fingerprint density at radius 2 is 1.80 bits per heavy atom. The first-order chi connectivity index (χ1) is 7.38. The summed E-state index contributed by atoms with van der Waals surface area (Å²) in [5.74, 6) is 1.94. The van der Waals surface area contributed by atoms with E-state index >= 15 is 0 Å². The Hall–Kier alpha value is -1.54. The van der Waals surface area contributed by atoms with E-state index < -0.39 is 0 Å². The molecule has 0 spiro atoms. The van der Waals surface area contributed by atoms with Crippen LogP contribution in [0.1, 0.15) is 5.69 Å². The van der Waals surface area contributed by atoms with E-state index in [0.29, 0.717) is 5.88 Å². The van der Waals surface area contributed by atoms with E-state index in [1.165, 1.54) is 0 Å². The summed E-state index contributed by atoms with van der Waals surface area (Å²) in [7, 11) is 0. The first kappa shape index (κ1) is 9.99. The lowest BCUT2D eigenvalue weighted by Gasteiger charge is -2.04. The van der Waals surface area contributed by atoms with E-state index in [4.69, 9.17) is 16.3 Å². The van der Waals surface area contributed by atoms with Crippen molar-refractivity contribution in [2.45, 2.75) is 5.88 Å². The second-order valence-electron chi connectivity index (χ2n) is 3.03. The van der Waals surface area contributed by atoms with Crippen LogP contribution in [0.2, 0.25) is 0 Å². The first-order valence-electron chi connectivity index (χ1n) is 4.62. The number of alkyl halides is 1. The van der Waals surface area contributed by atoms with Crippen molar-refractivity contribution in [2.24, 2.45) is 0 Å². The van der Waals surface area contributed by atoms with Crippen LogP contribution < -0.4 is 4.74 Å². The molecule has 0 saturated heterocycles. The average molecular weight is 220 g/mol. The Morgan fingerprint density at radius 3 is 2.40 bits per heavy atom. The lowest BCUT2D eigenvalue weighted by molar-refractivity contribution is 0.480. The number of aromatic nitrogens is 1. The number of nitrogens with zero attached hydrogens (tertiary/aromatic N) is 1. The highest BCUT2D eigenvalue weighted by Crippen LogP contribution is 2.19. The number of pyridine rings is 1. The van der Waals surface area contributed by atoms with Crippen LogP contribution in [-0.4, -0.2) is 4.98 Å². The molecule has 0 unspecified atom stereocenters. The Labute approximate surface area is 93.5 Å². The fraction of sp³-hybridized carbons (Fsp3) is 0.0833. The predicted molar refractivity (Wildman–Crippen MR) is 60.3 cm³/mol. The molecular formula is C12H10ClNO. The fourth-order valence-electron chi connectivity index (χ4n) is 1.17. The van der Waals surface area contributed by atoms with Crippen molar-refractivity contribution in [2.75, 3.05) is 0 Å². The second kappa shape index (κ2) is 4.80. The van der Waals surface area contributed by atoms with Crippen LogP contribution in [-0.2, 0) is 5.88 Å². The largest absolute Gasteiger partial charge is 0.456 e. The fourth-order valence-corrected chi connectivity index (χ4v) is 1.33. The van der Waals surface area contributed by atoms with Crippen LogP contribution >= 0.6 is 11.6 Å². The summed E-state index contributed by atoms with van der Waals surface area (Å²) < 4.78 is 5.57. The predicted octanol–water partition coefficient (Wildman–Crippen LogP) is 3.61. The van der Waals surface area contributed by atoms with Gasteiger partial charge in [-0.1, -0.05) is 18.2 Å². The summed E-state index contributed by atoms with van der Waals surface area (Å²) in [5.41, 5.74) is 0.845. The standard InChI is InChI=1S/C12H10ClNO/c13-8-10-6-7-12(9-14-10)15-11-4-2-1-3-5-11/h1-7,9H,8H2. The second-order valence-corrected chi connectivity index (χ2v) is 3.30. The Kier molecular flexibility index (Phi) is 3.20. The molecule has 2 nitrogen and oxygen atoms in total. The van der Waals surface area contributed by atoms with Gasteiger partial charge in [-0.3, -0.25) is 4.98 Å². The van der Waals surface area contributed by atoms with Crippen molar-refractivity contribution in [3.05, 3.63) is 54.4 Å². The van der Waals surface area contributed by atoms with Gasteiger partial charge in [0, 0.05) is 0 Å². The topological polar surface area (TPSA) is 22.1 Å². The summed E-state index contributed by atoms with van der Waals surface area (Å²) in [5, 5.41) is 0. The van der Waals surface area contributed by atoms with Gasteiger partial charge in [0.1, 0.15) is 11.5 Å². The van der Waals surface area contributed by atoms with Crippen LogP contribution in [0.4, 0.5) is 0 Å². The van der Waals surface area contributed by atoms with E-state index in [1.54, 1.807) is 6.20 Å². The van der Waals surface area contributed by atoms with Crippen molar-refractivity contribution in [3.8, 4) is 11.5 Å². The first-order valence-corrected chi connectivity index (χ1v) is 5.16. The van der Waals surface area contributed by atoms with E-state index in [1.807, 2.05) is 42.5 Å². The molecule has 15 heavy (non-hydrogen) atoms. The zero-order valence-electron chi connectivity index (χ0n) is 8.06. The van der Waals surface area contributed by atoms with Crippen molar-refractivity contribution in [1.82, 2.24) is 4.98 Å². The molecule has 0 aliphatic heterocycles. The summed E-state index contributed by atoms with van der Waals surface area (Å²) in [6.45, 7) is 0. The third-order valence-corrected chi connectivity index (χ3v) is 2.19. The maximum Gasteiger partial charge on any atom is 0.145 e. The summed E-state index contributed by atoms with van der Waals surface area (Å²) in [6, 6.07) is 13.3. The maximum atomic E-state index is 5.64. The van der Waals surface area contributed by atoms with Crippen LogP contribution in [0.5, 0.6) is 11.5 Å². The third kappa shape index (κ3) is 2.70. The van der Waals surface area contributed by atoms with Gasteiger partial charge >= 0.3 is 0 Å². The number of halogens is 1. The van der Waals surface area contributed by atoms with Gasteiger partial charge in [-0.25, -0.2) is 0 Å². The maximum absolute atomic E-state index is 5.64. The highest BCUT2D eigenvalue weighted by Gasteiger charge is 1.97. The van der Waals surface area contributed by atoms with Crippen LogP contribution in [0, 0.1) is 0 Å². The Bertz CT molecular complexity index is 413. The van der Waals surface area contributed by atoms with E-state index in [0.717, 1.165) is 17.2 Å². The van der Waals surface area contributed by atoms with E-state index in [-0.39, 0.29) is 0 Å². The quantitative estimate of drug-likeness (QED) is 0.736. The Morgan fingerprint density at radius 1 is 1.00 bits per heavy atom. The van der Waals surface area contributed by atoms with Crippen molar-refractivity contribution < 1.29 is 4.74 Å². The van der Waals surface area contributed by atoms with Gasteiger partial charge in [-0.15, -0.1) is 11.6 Å². The molecule has 76 valence electrons. The van der Waals surface area contributed by atoms with Crippen molar-refractivity contribution in [3.63, 3.8) is 0 Å².